The van der Waals surface area contributed by atoms with E-state index in [4.69, 9.17) is 16.2 Å². The van der Waals surface area contributed by atoms with E-state index in [0.717, 1.165) is 6.54 Å². The monoisotopic (exact) mass is 333 g/mol. The lowest BCUT2D eigenvalue weighted by Crippen LogP contribution is -2.31. The second-order valence-corrected chi connectivity index (χ2v) is 3.57. The molecular weight excluding hydrogens is 312 g/mol. The molecule has 1 rings (SSSR count). The first-order chi connectivity index (χ1) is 7.63. The third-order valence-electron chi connectivity index (χ3n) is 2.10. The SMILES string of the molecule is CCNCC(O)COc1ccc(N)cc1N.Cl.Cl.Cl. The van der Waals surface area contributed by atoms with Gasteiger partial charge in [0.05, 0.1) is 5.69 Å². The summed E-state index contributed by atoms with van der Waals surface area (Å²) in [5, 5.41) is 12.6. The number of rotatable bonds is 6. The Morgan fingerprint density at radius 1 is 1.26 bits per heavy atom. The predicted molar refractivity (Wildman–Crippen MR) is 87.1 cm³/mol. The zero-order chi connectivity index (χ0) is 12.0. The van der Waals surface area contributed by atoms with Crippen LogP contribution in [0.4, 0.5) is 11.4 Å². The van der Waals surface area contributed by atoms with Crippen LogP contribution in [0.3, 0.4) is 0 Å². The van der Waals surface area contributed by atoms with Crippen molar-refractivity contribution < 1.29 is 9.84 Å². The molecule has 0 aliphatic rings. The molecule has 8 heteroatoms. The molecular formula is C11H22Cl3N3O2. The van der Waals surface area contributed by atoms with Crippen LogP contribution in [0.5, 0.6) is 5.75 Å². The lowest BCUT2D eigenvalue weighted by Gasteiger charge is -2.14. The molecule has 0 radical (unpaired) electrons. The Labute approximate surface area is 132 Å². The highest BCUT2D eigenvalue weighted by Crippen LogP contribution is 2.23. The fraction of sp³-hybridized carbons (Fsp3) is 0.455. The van der Waals surface area contributed by atoms with E-state index in [9.17, 15) is 5.11 Å². The molecule has 0 fully saturated rings. The number of aliphatic hydroxyl groups excluding tert-OH is 1. The van der Waals surface area contributed by atoms with Crippen LogP contribution in [0, 0.1) is 0 Å². The topological polar surface area (TPSA) is 93.5 Å². The number of nitrogen functional groups attached to an aromatic ring is 2. The molecule has 0 aliphatic carbocycles. The molecule has 1 atom stereocenters. The van der Waals surface area contributed by atoms with Gasteiger partial charge in [0.2, 0.25) is 0 Å². The van der Waals surface area contributed by atoms with E-state index in [1.807, 2.05) is 6.92 Å². The molecule has 0 heterocycles. The fourth-order valence-corrected chi connectivity index (χ4v) is 1.25. The third kappa shape index (κ3) is 9.02. The number of halogens is 3. The zero-order valence-corrected chi connectivity index (χ0v) is 13.1. The Hall–Kier alpha value is -0.590. The minimum atomic E-state index is -0.545. The molecule has 1 aromatic rings. The van der Waals surface area contributed by atoms with Crippen molar-refractivity contribution in [3.8, 4) is 5.75 Å². The van der Waals surface area contributed by atoms with Crippen LogP contribution in [0.1, 0.15) is 6.92 Å². The van der Waals surface area contributed by atoms with Crippen LogP contribution < -0.4 is 21.5 Å². The predicted octanol–water partition coefficient (Wildman–Crippen LogP) is 1.47. The molecule has 0 spiro atoms. The summed E-state index contributed by atoms with van der Waals surface area (Å²) < 4.78 is 5.38. The minimum absolute atomic E-state index is 0. The fourth-order valence-electron chi connectivity index (χ4n) is 1.25. The summed E-state index contributed by atoms with van der Waals surface area (Å²) in [6.07, 6.45) is -0.545. The van der Waals surface area contributed by atoms with Crippen molar-refractivity contribution >= 4 is 48.6 Å². The van der Waals surface area contributed by atoms with Crippen molar-refractivity contribution in [1.29, 1.82) is 0 Å². The Balaban J connectivity index is -0.000000853. The molecule has 19 heavy (non-hydrogen) atoms. The summed E-state index contributed by atoms with van der Waals surface area (Å²) in [7, 11) is 0. The highest BCUT2D eigenvalue weighted by atomic mass is 35.5. The van der Waals surface area contributed by atoms with Crippen LogP contribution in [0.25, 0.3) is 0 Å². The first-order valence-electron chi connectivity index (χ1n) is 5.30. The number of nitrogens with one attached hydrogen (secondary N) is 1. The number of benzene rings is 1. The number of aliphatic hydroxyl groups is 1. The normalized spacial score (nSPS) is 10.4. The van der Waals surface area contributed by atoms with Crippen molar-refractivity contribution in [1.82, 2.24) is 5.32 Å². The van der Waals surface area contributed by atoms with Crippen molar-refractivity contribution in [2.45, 2.75) is 13.0 Å². The van der Waals surface area contributed by atoms with Crippen LogP contribution >= 0.6 is 37.2 Å². The van der Waals surface area contributed by atoms with Gasteiger partial charge in [-0.3, -0.25) is 0 Å². The lowest BCUT2D eigenvalue weighted by atomic mass is 10.2. The maximum Gasteiger partial charge on any atom is 0.142 e. The van der Waals surface area contributed by atoms with Crippen LogP contribution in [0.15, 0.2) is 18.2 Å². The summed E-state index contributed by atoms with van der Waals surface area (Å²) in [6.45, 7) is 3.51. The largest absolute Gasteiger partial charge is 0.489 e. The first-order valence-corrected chi connectivity index (χ1v) is 5.30. The lowest BCUT2D eigenvalue weighted by molar-refractivity contribution is 0.107. The van der Waals surface area contributed by atoms with Gasteiger partial charge in [-0.05, 0) is 24.7 Å². The van der Waals surface area contributed by atoms with Gasteiger partial charge < -0.3 is 26.6 Å². The number of likely N-dealkylation sites (N-methyl/N-ethyl adjacent to an activating group) is 1. The zero-order valence-electron chi connectivity index (χ0n) is 10.7. The number of hydrogen-bond acceptors (Lipinski definition) is 5. The molecule has 0 amide bonds. The number of anilines is 2. The van der Waals surface area contributed by atoms with E-state index < -0.39 is 6.10 Å². The Morgan fingerprint density at radius 3 is 2.42 bits per heavy atom. The molecule has 1 unspecified atom stereocenters. The maximum absolute atomic E-state index is 9.53. The molecule has 0 saturated carbocycles. The van der Waals surface area contributed by atoms with E-state index >= 15 is 0 Å². The van der Waals surface area contributed by atoms with E-state index in [2.05, 4.69) is 5.32 Å². The second kappa shape index (κ2) is 12.4. The van der Waals surface area contributed by atoms with E-state index in [0.29, 0.717) is 23.7 Å². The van der Waals surface area contributed by atoms with E-state index in [-0.39, 0.29) is 43.8 Å². The van der Waals surface area contributed by atoms with Gasteiger partial charge in [0, 0.05) is 12.2 Å². The van der Waals surface area contributed by atoms with Gasteiger partial charge in [-0.2, -0.15) is 0 Å². The molecule has 114 valence electrons. The summed E-state index contributed by atoms with van der Waals surface area (Å²) in [5.74, 6) is 0.546. The molecule has 0 bridgehead atoms. The summed E-state index contributed by atoms with van der Waals surface area (Å²) in [5.41, 5.74) is 12.3. The highest BCUT2D eigenvalue weighted by molar-refractivity contribution is 5.86. The van der Waals surface area contributed by atoms with Crippen LogP contribution in [0.2, 0.25) is 0 Å². The van der Waals surface area contributed by atoms with Gasteiger partial charge in [0.15, 0.2) is 0 Å². The standard InChI is InChI=1S/C11H19N3O2.3ClH/c1-2-14-6-9(15)7-16-11-4-3-8(12)5-10(11)13;;;/h3-5,9,14-15H,2,6-7,12-13H2,1H3;3*1H. The average Bonchev–Trinajstić information content (AvgIpc) is 2.25. The Bertz CT molecular complexity index is 343. The first kappa shape index (κ1) is 23.5. The Kier molecular flexibility index (Phi) is 15.4. The summed E-state index contributed by atoms with van der Waals surface area (Å²) in [6, 6.07) is 5.04. The molecule has 0 aromatic heterocycles. The highest BCUT2D eigenvalue weighted by Gasteiger charge is 2.06. The number of ether oxygens (including phenoxy) is 1. The number of hydrogen-bond donors (Lipinski definition) is 4. The second-order valence-electron chi connectivity index (χ2n) is 3.57. The van der Waals surface area contributed by atoms with Gasteiger partial charge in [-0.25, -0.2) is 0 Å². The van der Waals surface area contributed by atoms with Gasteiger partial charge in [0.25, 0.3) is 0 Å². The molecule has 0 aliphatic heterocycles. The van der Waals surface area contributed by atoms with Crippen molar-refractivity contribution in [2.75, 3.05) is 31.2 Å². The average molecular weight is 335 g/mol. The van der Waals surface area contributed by atoms with E-state index in [1.54, 1.807) is 18.2 Å². The van der Waals surface area contributed by atoms with Gasteiger partial charge in [-0.1, -0.05) is 6.92 Å². The third-order valence-corrected chi connectivity index (χ3v) is 2.10. The molecule has 6 N–H and O–H groups in total. The van der Waals surface area contributed by atoms with Gasteiger partial charge >= 0.3 is 0 Å². The van der Waals surface area contributed by atoms with Gasteiger partial charge in [-0.15, -0.1) is 37.2 Å². The van der Waals surface area contributed by atoms with Crippen molar-refractivity contribution in [3.63, 3.8) is 0 Å². The van der Waals surface area contributed by atoms with Crippen molar-refractivity contribution in [2.24, 2.45) is 0 Å². The maximum atomic E-state index is 9.53. The van der Waals surface area contributed by atoms with Crippen LogP contribution in [-0.4, -0.2) is 30.9 Å². The minimum Gasteiger partial charge on any atom is -0.489 e. The van der Waals surface area contributed by atoms with Crippen LogP contribution in [-0.2, 0) is 0 Å². The summed E-state index contributed by atoms with van der Waals surface area (Å²) in [4.78, 5) is 0. The smallest absolute Gasteiger partial charge is 0.142 e. The molecule has 1 aromatic carbocycles. The van der Waals surface area contributed by atoms with E-state index in [1.165, 1.54) is 0 Å². The quantitative estimate of drug-likeness (QED) is 0.591. The van der Waals surface area contributed by atoms with Crippen molar-refractivity contribution in [3.05, 3.63) is 18.2 Å². The molecule has 5 nitrogen and oxygen atoms in total. The molecule has 0 saturated heterocycles. The Morgan fingerprint density at radius 2 is 1.89 bits per heavy atom. The summed E-state index contributed by atoms with van der Waals surface area (Å²) >= 11 is 0. The van der Waals surface area contributed by atoms with Gasteiger partial charge in [0.1, 0.15) is 18.5 Å². The number of nitrogens with two attached hydrogens (primary N) is 2.